The first-order valence-electron chi connectivity index (χ1n) is 10.5. The number of aromatic nitrogens is 2. The van der Waals surface area contributed by atoms with Crippen LogP contribution in [-0.4, -0.2) is 88.3 Å². The van der Waals surface area contributed by atoms with E-state index in [-0.39, 0.29) is 23.8 Å². The third-order valence-corrected chi connectivity index (χ3v) is 5.91. The number of carbonyl (C=O) groups is 2. The van der Waals surface area contributed by atoms with E-state index in [0.29, 0.717) is 45.0 Å². The fourth-order valence-corrected chi connectivity index (χ4v) is 4.42. The molecule has 2 aliphatic rings. The van der Waals surface area contributed by atoms with Crippen LogP contribution in [-0.2, 0) is 23.1 Å². The summed E-state index contributed by atoms with van der Waals surface area (Å²) in [5.41, 5.74) is 0.592. The third-order valence-electron chi connectivity index (χ3n) is 5.91. The van der Waals surface area contributed by atoms with Crippen LogP contribution in [0.5, 0.6) is 0 Å². The number of hydrogen-bond acceptors (Lipinski definition) is 7. The zero-order valence-electron chi connectivity index (χ0n) is 17.6. The van der Waals surface area contributed by atoms with E-state index in [1.54, 1.807) is 30.3 Å². The highest BCUT2D eigenvalue weighted by molar-refractivity contribution is 5.92. The van der Waals surface area contributed by atoms with E-state index < -0.39 is 0 Å². The zero-order chi connectivity index (χ0) is 21.1. The van der Waals surface area contributed by atoms with Crippen LogP contribution in [0.1, 0.15) is 23.2 Å². The molecule has 0 aromatic carbocycles. The maximum Gasteiger partial charge on any atom is 0.311 e. The maximum absolute atomic E-state index is 13.0. The molecule has 30 heavy (non-hydrogen) atoms. The lowest BCUT2D eigenvalue weighted by Gasteiger charge is -2.41. The minimum Gasteiger partial charge on any atom is -0.468 e. The van der Waals surface area contributed by atoms with E-state index in [0.717, 1.165) is 18.8 Å². The molecule has 9 nitrogen and oxygen atoms in total. The number of aryl methyl sites for hydroxylation is 1. The number of ether oxygens (including phenoxy) is 1. The minimum atomic E-state index is -0.218. The van der Waals surface area contributed by atoms with Gasteiger partial charge >= 0.3 is 5.97 Å². The molecule has 0 radical (unpaired) electrons. The zero-order valence-corrected chi connectivity index (χ0v) is 17.6. The van der Waals surface area contributed by atoms with Crippen molar-refractivity contribution in [3.8, 4) is 0 Å². The van der Waals surface area contributed by atoms with Crippen LogP contribution in [0.15, 0.2) is 35.1 Å². The largest absolute Gasteiger partial charge is 0.468 e. The lowest BCUT2D eigenvalue weighted by atomic mass is 10.1. The maximum atomic E-state index is 13.0. The Bertz CT molecular complexity index is 865. The molecule has 2 fully saturated rings. The highest BCUT2D eigenvalue weighted by Gasteiger charge is 2.38. The summed E-state index contributed by atoms with van der Waals surface area (Å²) in [6, 6.07) is 5.71. The van der Waals surface area contributed by atoms with Crippen molar-refractivity contribution in [2.75, 3.05) is 45.9 Å². The molecule has 9 heteroatoms. The average Bonchev–Trinajstić information content (AvgIpc) is 3.35. The molecule has 0 spiro atoms. The van der Waals surface area contributed by atoms with Gasteiger partial charge in [0, 0.05) is 58.6 Å². The van der Waals surface area contributed by atoms with E-state index in [1.807, 2.05) is 24.0 Å². The first-order chi connectivity index (χ1) is 14.5. The van der Waals surface area contributed by atoms with Crippen molar-refractivity contribution >= 4 is 11.9 Å². The van der Waals surface area contributed by atoms with E-state index in [2.05, 4.69) is 14.9 Å². The summed E-state index contributed by atoms with van der Waals surface area (Å²) in [7, 11) is 1.78. The second-order valence-electron chi connectivity index (χ2n) is 7.96. The first-order valence-corrected chi connectivity index (χ1v) is 10.5. The Labute approximate surface area is 176 Å². The summed E-state index contributed by atoms with van der Waals surface area (Å²) in [6.45, 7) is 6.84. The van der Waals surface area contributed by atoms with Crippen molar-refractivity contribution in [3.63, 3.8) is 0 Å². The summed E-state index contributed by atoms with van der Waals surface area (Å²) in [5.74, 6) is 0.489. The second kappa shape index (κ2) is 9.01. The van der Waals surface area contributed by atoms with Crippen LogP contribution in [0.2, 0.25) is 0 Å². The lowest BCUT2D eigenvalue weighted by Crippen LogP contribution is -2.57. The Hall–Kier alpha value is -2.65. The average molecular weight is 415 g/mol. The van der Waals surface area contributed by atoms with Gasteiger partial charge in [-0.2, -0.15) is 5.10 Å². The van der Waals surface area contributed by atoms with Gasteiger partial charge < -0.3 is 14.1 Å². The smallest absolute Gasteiger partial charge is 0.311 e. The van der Waals surface area contributed by atoms with E-state index >= 15 is 0 Å². The molecule has 4 heterocycles. The molecule has 2 saturated heterocycles. The number of amides is 1. The monoisotopic (exact) mass is 415 g/mol. The molecule has 2 aromatic rings. The van der Waals surface area contributed by atoms with Gasteiger partial charge in [0.05, 0.1) is 25.3 Å². The summed E-state index contributed by atoms with van der Waals surface area (Å²) in [6.07, 6.45) is 3.31. The summed E-state index contributed by atoms with van der Waals surface area (Å²) in [4.78, 5) is 32.0. The van der Waals surface area contributed by atoms with Gasteiger partial charge in [0.25, 0.3) is 5.91 Å². The van der Waals surface area contributed by atoms with Crippen LogP contribution in [0.4, 0.5) is 0 Å². The molecule has 1 amide bonds. The van der Waals surface area contributed by atoms with Gasteiger partial charge in [-0.05, 0) is 25.1 Å². The molecule has 4 rings (SSSR count). The lowest BCUT2D eigenvalue weighted by molar-refractivity contribution is -0.149. The highest BCUT2D eigenvalue weighted by atomic mass is 16.5. The van der Waals surface area contributed by atoms with Gasteiger partial charge in [-0.1, -0.05) is 0 Å². The van der Waals surface area contributed by atoms with Gasteiger partial charge in [0.15, 0.2) is 0 Å². The Balaban J connectivity index is 1.50. The van der Waals surface area contributed by atoms with Crippen molar-refractivity contribution in [1.82, 2.24) is 24.5 Å². The van der Waals surface area contributed by atoms with Gasteiger partial charge in [-0.3, -0.25) is 24.1 Å². The van der Waals surface area contributed by atoms with Gasteiger partial charge in [-0.25, -0.2) is 0 Å². The predicted molar refractivity (Wildman–Crippen MR) is 109 cm³/mol. The number of piperazine rings is 1. The van der Waals surface area contributed by atoms with E-state index in [1.165, 1.54) is 0 Å². The van der Waals surface area contributed by atoms with Crippen molar-refractivity contribution < 1.29 is 18.7 Å². The number of hydrogen-bond donors (Lipinski definition) is 0. The normalized spacial score (nSPS) is 23.1. The summed E-state index contributed by atoms with van der Waals surface area (Å²) < 4.78 is 12.5. The Morgan fingerprint density at radius 1 is 1.20 bits per heavy atom. The Morgan fingerprint density at radius 3 is 2.77 bits per heavy atom. The SMILES string of the molecule is CCOC(=O)[C@H]1CN(Cc2ccco2)C[C@@H]2CN(C(=O)c3ccnn3C)CCN2C1. The molecule has 2 aliphatic heterocycles. The molecule has 2 atom stereocenters. The molecule has 0 saturated carbocycles. The van der Waals surface area contributed by atoms with Crippen LogP contribution < -0.4 is 0 Å². The van der Waals surface area contributed by atoms with Crippen molar-refractivity contribution in [2.24, 2.45) is 13.0 Å². The van der Waals surface area contributed by atoms with Crippen LogP contribution >= 0.6 is 0 Å². The molecule has 0 bridgehead atoms. The van der Waals surface area contributed by atoms with Crippen molar-refractivity contribution in [1.29, 1.82) is 0 Å². The number of rotatable bonds is 5. The van der Waals surface area contributed by atoms with Crippen LogP contribution in [0.3, 0.4) is 0 Å². The van der Waals surface area contributed by atoms with E-state index in [9.17, 15) is 9.59 Å². The molecule has 0 aliphatic carbocycles. The Morgan fingerprint density at radius 2 is 2.07 bits per heavy atom. The molecule has 0 unspecified atom stereocenters. The number of fused-ring (bicyclic) bond motifs is 1. The number of nitrogens with zero attached hydrogens (tertiary/aromatic N) is 5. The van der Waals surface area contributed by atoms with Crippen LogP contribution in [0, 0.1) is 5.92 Å². The quantitative estimate of drug-likeness (QED) is 0.669. The molecule has 162 valence electrons. The molecular weight excluding hydrogens is 386 g/mol. The molecule has 0 N–H and O–H groups in total. The van der Waals surface area contributed by atoms with Crippen molar-refractivity contribution in [2.45, 2.75) is 19.5 Å². The Kier molecular flexibility index (Phi) is 6.19. The van der Waals surface area contributed by atoms with Gasteiger partial charge in [0.1, 0.15) is 11.5 Å². The molecular formula is C21H29N5O4. The predicted octanol–water partition coefficient (Wildman–Crippen LogP) is 0.835. The van der Waals surface area contributed by atoms with Gasteiger partial charge in [0.2, 0.25) is 0 Å². The first kappa shape index (κ1) is 20.6. The minimum absolute atomic E-state index is 0.00146. The van der Waals surface area contributed by atoms with Crippen molar-refractivity contribution in [3.05, 3.63) is 42.1 Å². The summed E-state index contributed by atoms with van der Waals surface area (Å²) in [5, 5.41) is 4.12. The third kappa shape index (κ3) is 4.41. The summed E-state index contributed by atoms with van der Waals surface area (Å²) >= 11 is 0. The second-order valence-corrected chi connectivity index (χ2v) is 7.96. The number of esters is 1. The van der Waals surface area contributed by atoms with Gasteiger partial charge in [-0.15, -0.1) is 0 Å². The van der Waals surface area contributed by atoms with E-state index in [4.69, 9.17) is 9.15 Å². The number of furan rings is 1. The topological polar surface area (TPSA) is 84.0 Å². The highest BCUT2D eigenvalue weighted by Crippen LogP contribution is 2.22. The van der Waals surface area contributed by atoms with Crippen LogP contribution in [0.25, 0.3) is 0 Å². The fourth-order valence-electron chi connectivity index (χ4n) is 4.42. The fraction of sp³-hybridized carbons (Fsp3) is 0.571. The number of carbonyl (C=O) groups excluding carboxylic acids is 2. The standard InChI is InChI=1S/C21H29N5O4/c1-3-29-21(28)16-11-24(15-18-5-4-10-30-18)13-17-14-26(9-8-25(17)12-16)20(27)19-6-7-22-23(19)2/h4-7,10,16-17H,3,8-9,11-15H2,1-2H3/t16-,17+/m0/s1. The molecule has 2 aromatic heterocycles.